The molecule has 1 saturated carbocycles. The minimum absolute atomic E-state index is 0.0421. The lowest BCUT2D eigenvalue weighted by Crippen LogP contribution is -2.39. The molecular weight excluding hydrogens is 232 g/mol. The number of carbonyl (C=O) groups excluding carboxylic acids is 1. The quantitative estimate of drug-likeness (QED) is 0.664. The summed E-state index contributed by atoms with van der Waals surface area (Å²) in [5.74, 6) is -0.471. The summed E-state index contributed by atoms with van der Waals surface area (Å²) < 4.78 is 0. The van der Waals surface area contributed by atoms with Gasteiger partial charge in [-0.1, -0.05) is 13.3 Å². The predicted molar refractivity (Wildman–Crippen MR) is 69.0 cm³/mol. The van der Waals surface area contributed by atoms with Gasteiger partial charge in [0.25, 0.3) is 0 Å². The van der Waals surface area contributed by atoms with Crippen molar-refractivity contribution in [3.8, 4) is 0 Å². The lowest BCUT2D eigenvalue weighted by Gasteiger charge is -2.26. The molecule has 1 aliphatic rings. The van der Waals surface area contributed by atoms with Gasteiger partial charge in [-0.15, -0.1) is 0 Å². The van der Waals surface area contributed by atoms with Gasteiger partial charge < -0.3 is 16.2 Å². The molecule has 0 aromatic rings. The van der Waals surface area contributed by atoms with Crippen molar-refractivity contribution >= 4 is 11.9 Å². The van der Waals surface area contributed by atoms with Crippen LogP contribution in [-0.4, -0.2) is 29.6 Å². The molecule has 0 bridgehead atoms. The van der Waals surface area contributed by atoms with Crippen LogP contribution in [0, 0.1) is 11.8 Å². The summed E-state index contributed by atoms with van der Waals surface area (Å²) in [6.07, 6.45) is 4.48. The number of nitrogens with one attached hydrogen (secondary N) is 1. The molecule has 3 atom stereocenters. The zero-order valence-electron chi connectivity index (χ0n) is 11.0. The summed E-state index contributed by atoms with van der Waals surface area (Å²) in [6, 6.07) is 0.152. The average Bonchev–Trinajstić information content (AvgIpc) is 2.33. The van der Waals surface area contributed by atoms with Crippen LogP contribution >= 0.6 is 0 Å². The summed E-state index contributed by atoms with van der Waals surface area (Å²) >= 11 is 0. The summed E-state index contributed by atoms with van der Waals surface area (Å²) in [6.45, 7) is 2.51. The number of nitrogens with two attached hydrogens (primary N) is 1. The monoisotopic (exact) mass is 256 g/mol. The van der Waals surface area contributed by atoms with Crippen LogP contribution in [0.25, 0.3) is 0 Å². The molecule has 0 aromatic heterocycles. The van der Waals surface area contributed by atoms with E-state index >= 15 is 0 Å². The van der Waals surface area contributed by atoms with Gasteiger partial charge in [-0.25, -0.2) is 0 Å². The van der Waals surface area contributed by atoms with Gasteiger partial charge in [0.15, 0.2) is 0 Å². The highest BCUT2D eigenvalue weighted by atomic mass is 16.4. The maximum Gasteiger partial charge on any atom is 0.303 e. The molecule has 0 radical (unpaired) electrons. The van der Waals surface area contributed by atoms with Gasteiger partial charge in [0.2, 0.25) is 5.91 Å². The topological polar surface area (TPSA) is 92.4 Å². The summed E-state index contributed by atoms with van der Waals surface area (Å²) in [5.41, 5.74) is 5.85. The third kappa shape index (κ3) is 5.49. The van der Waals surface area contributed by atoms with E-state index in [4.69, 9.17) is 10.8 Å². The van der Waals surface area contributed by atoms with Gasteiger partial charge in [-0.3, -0.25) is 9.59 Å². The Hall–Kier alpha value is -1.10. The molecule has 1 amide bonds. The highest BCUT2D eigenvalue weighted by Crippen LogP contribution is 2.23. The highest BCUT2D eigenvalue weighted by molar-refractivity contribution is 5.78. The van der Waals surface area contributed by atoms with Crippen molar-refractivity contribution in [1.29, 1.82) is 0 Å². The highest BCUT2D eigenvalue weighted by Gasteiger charge is 2.25. The molecule has 5 nitrogen and oxygen atoms in total. The number of carboxylic acids is 1. The molecule has 0 aliphatic heterocycles. The molecule has 5 heteroatoms. The number of carbonyl (C=O) groups is 2. The van der Waals surface area contributed by atoms with Gasteiger partial charge in [0, 0.05) is 24.9 Å². The minimum atomic E-state index is -0.786. The molecule has 1 rings (SSSR count). The number of hydrogen-bond donors (Lipinski definition) is 3. The van der Waals surface area contributed by atoms with Gasteiger partial charge in [0.1, 0.15) is 0 Å². The first-order chi connectivity index (χ1) is 8.49. The molecule has 0 aromatic carbocycles. The number of rotatable bonds is 6. The maximum atomic E-state index is 11.9. The van der Waals surface area contributed by atoms with Crippen molar-refractivity contribution in [2.45, 2.75) is 51.5 Å². The first-order valence-electron chi connectivity index (χ1n) is 6.74. The first-order valence-corrected chi connectivity index (χ1v) is 6.74. The van der Waals surface area contributed by atoms with Crippen LogP contribution in [0.4, 0.5) is 0 Å². The summed E-state index contributed by atoms with van der Waals surface area (Å²) in [7, 11) is 0. The summed E-state index contributed by atoms with van der Waals surface area (Å²) in [4.78, 5) is 22.3. The standard InChI is InChI=1S/C13H24N2O3/c1-9(5-6-12(16)17)8-15-13(18)10-3-2-4-11(14)7-10/h9-11H,2-8,14H2,1H3,(H,15,18)(H,16,17). The number of hydrogen-bond acceptors (Lipinski definition) is 3. The fourth-order valence-electron chi connectivity index (χ4n) is 2.36. The third-order valence-electron chi connectivity index (χ3n) is 3.56. The third-order valence-corrected chi connectivity index (χ3v) is 3.56. The number of carboxylic acid groups (broad SMARTS) is 1. The molecule has 0 spiro atoms. The molecule has 18 heavy (non-hydrogen) atoms. The Bertz CT molecular complexity index is 294. The molecule has 0 saturated heterocycles. The van der Waals surface area contributed by atoms with Crippen LogP contribution in [-0.2, 0) is 9.59 Å². The van der Waals surface area contributed by atoms with E-state index in [-0.39, 0.29) is 30.2 Å². The van der Waals surface area contributed by atoms with Crippen molar-refractivity contribution in [2.75, 3.05) is 6.54 Å². The second-order valence-electron chi connectivity index (χ2n) is 5.41. The maximum absolute atomic E-state index is 11.9. The lowest BCUT2D eigenvalue weighted by atomic mass is 9.85. The molecular formula is C13H24N2O3. The molecule has 1 aliphatic carbocycles. The van der Waals surface area contributed by atoms with Crippen LogP contribution in [0.2, 0.25) is 0 Å². The molecule has 0 heterocycles. The predicted octanol–water partition coefficient (Wildman–Crippen LogP) is 1.12. The molecule has 1 fully saturated rings. The fourth-order valence-corrected chi connectivity index (χ4v) is 2.36. The van der Waals surface area contributed by atoms with Crippen LogP contribution in [0.3, 0.4) is 0 Å². The van der Waals surface area contributed by atoms with Crippen molar-refractivity contribution in [3.63, 3.8) is 0 Å². The fraction of sp³-hybridized carbons (Fsp3) is 0.846. The van der Waals surface area contributed by atoms with E-state index in [0.717, 1.165) is 25.7 Å². The Labute approximate surface area is 108 Å². The van der Waals surface area contributed by atoms with Gasteiger partial charge in [0.05, 0.1) is 0 Å². The Kier molecular flexibility index (Phi) is 6.12. The SMILES string of the molecule is CC(CCC(=O)O)CNC(=O)C1CCCC(N)C1. The minimum Gasteiger partial charge on any atom is -0.481 e. The Morgan fingerprint density at radius 2 is 2.17 bits per heavy atom. The van der Waals surface area contributed by atoms with E-state index in [0.29, 0.717) is 13.0 Å². The van der Waals surface area contributed by atoms with E-state index in [1.165, 1.54) is 0 Å². The van der Waals surface area contributed by atoms with E-state index in [1.54, 1.807) is 0 Å². The van der Waals surface area contributed by atoms with Gasteiger partial charge in [-0.05, 0) is 31.6 Å². The van der Waals surface area contributed by atoms with Crippen LogP contribution in [0.5, 0.6) is 0 Å². The van der Waals surface area contributed by atoms with Gasteiger partial charge in [-0.2, -0.15) is 0 Å². The van der Waals surface area contributed by atoms with Crippen molar-refractivity contribution in [2.24, 2.45) is 17.6 Å². The largest absolute Gasteiger partial charge is 0.481 e. The second kappa shape index (κ2) is 7.36. The van der Waals surface area contributed by atoms with Crippen molar-refractivity contribution in [1.82, 2.24) is 5.32 Å². The zero-order valence-corrected chi connectivity index (χ0v) is 11.0. The number of aliphatic carboxylic acids is 1. The van der Waals surface area contributed by atoms with Crippen molar-refractivity contribution in [3.05, 3.63) is 0 Å². The number of amides is 1. The normalized spacial score (nSPS) is 25.4. The lowest BCUT2D eigenvalue weighted by molar-refractivity contribution is -0.137. The smallest absolute Gasteiger partial charge is 0.303 e. The van der Waals surface area contributed by atoms with Gasteiger partial charge >= 0.3 is 5.97 Å². The second-order valence-corrected chi connectivity index (χ2v) is 5.41. The van der Waals surface area contributed by atoms with E-state index < -0.39 is 5.97 Å². The first kappa shape index (κ1) is 15.0. The zero-order chi connectivity index (χ0) is 13.5. The summed E-state index contributed by atoms with van der Waals surface area (Å²) in [5, 5.41) is 11.5. The molecule has 104 valence electrons. The van der Waals surface area contributed by atoms with E-state index in [2.05, 4.69) is 5.32 Å². The van der Waals surface area contributed by atoms with Crippen molar-refractivity contribution < 1.29 is 14.7 Å². The van der Waals surface area contributed by atoms with E-state index in [1.807, 2.05) is 6.92 Å². The van der Waals surface area contributed by atoms with E-state index in [9.17, 15) is 9.59 Å². The van der Waals surface area contributed by atoms with Crippen LogP contribution in [0.1, 0.15) is 45.4 Å². The average molecular weight is 256 g/mol. The Morgan fingerprint density at radius 1 is 1.44 bits per heavy atom. The Balaban J connectivity index is 2.21. The van der Waals surface area contributed by atoms with Crippen LogP contribution in [0.15, 0.2) is 0 Å². The molecule has 4 N–H and O–H groups in total. The van der Waals surface area contributed by atoms with Crippen LogP contribution < -0.4 is 11.1 Å². The molecule has 3 unspecified atom stereocenters. The Morgan fingerprint density at radius 3 is 2.78 bits per heavy atom.